The number of carbonyl (C=O) groups excluding carboxylic acids is 1. The molecule has 0 radical (unpaired) electrons. The van der Waals surface area contributed by atoms with Crippen LogP contribution >= 0.6 is 0 Å². The first-order valence-corrected chi connectivity index (χ1v) is 4.88. The van der Waals surface area contributed by atoms with E-state index in [4.69, 9.17) is 0 Å². The van der Waals surface area contributed by atoms with E-state index in [1.54, 1.807) is 0 Å². The third-order valence-corrected chi connectivity index (χ3v) is 2.90. The van der Waals surface area contributed by atoms with Crippen molar-refractivity contribution >= 4 is 5.91 Å². The van der Waals surface area contributed by atoms with Crippen LogP contribution in [0.2, 0.25) is 0 Å². The van der Waals surface area contributed by atoms with Crippen molar-refractivity contribution in [3.63, 3.8) is 0 Å². The maximum Gasteiger partial charge on any atom is 0.230 e. The highest BCUT2D eigenvalue weighted by Crippen LogP contribution is 2.50. The Hall–Kier alpha value is -1.52. The Labute approximate surface area is 90.5 Å². The zero-order valence-electron chi connectivity index (χ0n) is 8.61. The van der Waals surface area contributed by atoms with Gasteiger partial charge in [0.15, 0.2) is 0 Å². The van der Waals surface area contributed by atoms with E-state index < -0.39 is 28.8 Å². The van der Waals surface area contributed by atoms with Gasteiger partial charge in [0.05, 0.1) is 5.41 Å². The molecule has 1 aromatic carbocycles. The van der Waals surface area contributed by atoms with Gasteiger partial charge >= 0.3 is 0 Å². The van der Waals surface area contributed by atoms with Gasteiger partial charge in [-0.1, -0.05) is 0 Å². The fraction of sp³-hybridized carbons (Fsp3) is 0.364. The smallest absolute Gasteiger partial charge is 0.230 e. The molecule has 0 aromatic heterocycles. The van der Waals surface area contributed by atoms with E-state index >= 15 is 0 Å². The summed E-state index contributed by atoms with van der Waals surface area (Å²) in [6, 6.07) is 1.20. The summed E-state index contributed by atoms with van der Waals surface area (Å²) in [4.78, 5) is 11.5. The third-order valence-electron chi connectivity index (χ3n) is 2.90. The number of carbonyl (C=O) groups is 1. The molecule has 0 spiro atoms. The van der Waals surface area contributed by atoms with E-state index in [0.29, 0.717) is 25.0 Å². The highest BCUT2D eigenvalue weighted by molar-refractivity contribution is 5.91. The van der Waals surface area contributed by atoms with Crippen LogP contribution in [-0.2, 0) is 10.2 Å². The number of likely N-dealkylation sites (N-methyl/N-ethyl adjacent to an activating group) is 1. The molecule has 1 saturated carbocycles. The van der Waals surface area contributed by atoms with Crippen LogP contribution in [0.25, 0.3) is 0 Å². The molecule has 2 rings (SSSR count). The summed E-state index contributed by atoms with van der Waals surface area (Å²) >= 11 is 0. The number of halogens is 3. The normalized spacial score (nSPS) is 17.0. The van der Waals surface area contributed by atoms with Crippen molar-refractivity contribution in [2.24, 2.45) is 0 Å². The molecule has 1 N–H and O–H groups in total. The summed E-state index contributed by atoms with van der Waals surface area (Å²) in [6.45, 7) is 0. The van der Waals surface area contributed by atoms with Crippen LogP contribution in [0.1, 0.15) is 18.4 Å². The quantitative estimate of drug-likeness (QED) is 0.824. The molecule has 5 heteroatoms. The molecule has 0 bridgehead atoms. The van der Waals surface area contributed by atoms with Gasteiger partial charge in [0, 0.05) is 24.7 Å². The number of hydrogen-bond acceptors (Lipinski definition) is 1. The fourth-order valence-corrected chi connectivity index (χ4v) is 1.95. The lowest BCUT2D eigenvalue weighted by atomic mass is 9.93. The van der Waals surface area contributed by atoms with Gasteiger partial charge in [-0.2, -0.15) is 0 Å². The standard InChI is InChI=1S/C11H10F3NO/c1-15-10(16)11(2-3-11)9-7(13)4-6(12)5-8(9)14/h4-5H,2-3H2,1H3,(H,15,16). The van der Waals surface area contributed by atoms with Crippen molar-refractivity contribution in [2.75, 3.05) is 7.05 Å². The fourth-order valence-electron chi connectivity index (χ4n) is 1.95. The van der Waals surface area contributed by atoms with Gasteiger partial charge in [-0.25, -0.2) is 13.2 Å². The second kappa shape index (κ2) is 3.50. The summed E-state index contributed by atoms with van der Waals surface area (Å²) < 4.78 is 39.7. The van der Waals surface area contributed by atoms with Crippen molar-refractivity contribution in [3.05, 3.63) is 35.1 Å². The molecule has 0 aliphatic heterocycles. The van der Waals surface area contributed by atoms with Crippen LogP contribution in [0.4, 0.5) is 13.2 Å². The minimum Gasteiger partial charge on any atom is -0.358 e. The van der Waals surface area contributed by atoms with E-state index in [1.165, 1.54) is 7.05 Å². The molecule has 0 unspecified atom stereocenters. The molecule has 16 heavy (non-hydrogen) atoms. The molecular formula is C11H10F3NO. The number of benzene rings is 1. The third kappa shape index (κ3) is 1.47. The second-order valence-corrected chi connectivity index (χ2v) is 3.91. The lowest BCUT2D eigenvalue weighted by Gasteiger charge is -2.15. The summed E-state index contributed by atoms with van der Waals surface area (Å²) in [5, 5.41) is 2.37. The van der Waals surface area contributed by atoms with E-state index in [1.807, 2.05) is 0 Å². The zero-order valence-corrected chi connectivity index (χ0v) is 8.61. The minimum absolute atomic E-state index is 0.326. The summed E-state index contributed by atoms with van der Waals surface area (Å²) in [7, 11) is 1.40. The van der Waals surface area contributed by atoms with Gasteiger partial charge in [0.2, 0.25) is 5.91 Å². The van der Waals surface area contributed by atoms with Gasteiger partial charge in [-0.05, 0) is 12.8 Å². The Morgan fingerprint density at radius 3 is 2.12 bits per heavy atom. The molecule has 0 heterocycles. The molecular weight excluding hydrogens is 219 g/mol. The Balaban J connectivity index is 2.53. The van der Waals surface area contributed by atoms with Crippen LogP contribution in [-0.4, -0.2) is 13.0 Å². The van der Waals surface area contributed by atoms with Crippen LogP contribution in [0, 0.1) is 17.5 Å². The van der Waals surface area contributed by atoms with E-state index in [-0.39, 0.29) is 5.56 Å². The number of hydrogen-bond donors (Lipinski definition) is 1. The second-order valence-electron chi connectivity index (χ2n) is 3.91. The van der Waals surface area contributed by atoms with Gasteiger partial charge in [-0.15, -0.1) is 0 Å². The highest BCUT2D eigenvalue weighted by Gasteiger charge is 2.54. The predicted octanol–water partition coefficient (Wildman–Crippen LogP) is 1.88. The Morgan fingerprint density at radius 2 is 1.75 bits per heavy atom. The van der Waals surface area contributed by atoms with Crippen LogP contribution < -0.4 is 5.32 Å². The molecule has 1 aromatic rings. The first-order chi connectivity index (χ1) is 7.51. The molecule has 1 amide bonds. The topological polar surface area (TPSA) is 29.1 Å². The monoisotopic (exact) mass is 229 g/mol. The molecule has 86 valence electrons. The van der Waals surface area contributed by atoms with Crippen molar-refractivity contribution in [1.82, 2.24) is 5.32 Å². The zero-order chi connectivity index (χ0) is 11.9. The molecule has 1 aliphatic rings. The van der Waals surface area contributed by atoms with E-state index in [2.05, 4.69) is 5.32 Å². The molecule has 1 aliphatic carbocycles. The SMILES string of the molecule is CNC(=O)C1(c2c(F)cc(F)cc2F)CC1. The van der Waals surface area contributed by atoms with Crippen molar-refractivity contribution < 1.29 is 18.0 Å². The van der Waals surface area contributed by atoms with Crippen molar-refractivity contribution in [2.45, 2.75) is 18.3 Å². The minimum atomic E-state index is -1.14. The molecule has 0 atom stereocenters. The average molecular weight is 229 g/mol. The van der Waals surface area contributed by atoms with Gasteiger partial charge in [0.1, 0.15) is 17.5 Å². The van der Waals surface area contributed by atoms with Crippen LogP contribution in [0.5, 0.6) is 0 Å². The summed E-state index contributed by atoms with van der Waals surface area (Å²) in [5.74, 6) is -3.42. The average Bonchev–Trinajstić information content (AvgIpc) is 2.96. The first kappa shape index (κ1) is 11.0. The maximum atomic E-state index is 13.5. The van der Waals surface area contributed by atoms with Crippen LogP contribution in [0.15, 0.2) is 12.1 Å². The largest absolute Gasteiger partial charge is 0.358 e. The number of nitrogens with one attached hydrogen (secondary N) is 1. The molecule has 2 nitrogen and oxygen atoms in total. The van der Waals surface area contributed by atoms with Gasteiger partial charge in [-0.3, -0.25) is 4.79 Å². The Kier molecular flexibility index (Phi) is 2.40. The molecule has 1 fully saturated rings. The van der Waals surface area contributed by atoms with Gasteiger partial charge < -0.3 is 5.32 Å². The Morgan fingerprint density at radius 1 is 1.25 bits per heavy atom. The maximum absolute atomic E-state index is 13.5. The number of rotatable bonds is 2. The first-order valence-electron chi connectivity index (χ1n) is 4.88. The van der Waals surface area contributed by atoms with Crippen molar-refractivity contribution in [1.29, 1.82) is 0 Å². The summed E-state index contributed by atoms with van der Waals surface area (Å²) in [6.07, 6.45) is 0.762. The van der Waals surface area contributed by atoms with Crippen molar-refractivity contribution in [3.8, 4) is 0 Å². The van der Waals surface area contributed by atoms with Gasteiger partial charge in [0.25, 0.3) is 0 Å². The lowest BCUT2D eigenvalue weighted by molar-refractivity contribution is -0.123. The number of amides is 1. The van der Waals surface area contributed by atoms with E-state index in [9.17, 15) is 18.0 Å². The predicted molar refractivity (Wildman–Crippen MR) is 51.3 cm³/mol. The lowest BCUT2D eigenvalue weighted by Crippen LogP contribution is -2.33. The Bertz CT molecular complexity index is 432. The highest BCUT2D eigenvalue weighted by atomic mass is 19.1. The van der Waals surface area contributed by atoms with E-state index in [0.717, 1.165) is 0 Å². The van der Waals surface area contributed by atoms with Crippen LogP contribution in [0.3, 0.4) is 0 Å². The molecule has 0 saturated heterocycles. The summed E-state index contributed by atoms with van der Waals surface area (Å²) in [5.41, 5.74) is -1.47.